The maximum atomic E-state index is 12.1. The molecule has 0 fully saturated rings. The molecule has 2 aromatic rings. The Bertz CT molecular complexity index is 640. The molecule has 2 rings (SSSR count). The first-order valence-electron chi connectivity index (χ1n) is 7.15. The Morgan fingerprint density at radius 2 is 2.26 bits per heavy atom. The lowest BCUT2D eigenvalue weighted by Gasteiger charge is -2.09. The van der Waals surface area contributed by atoms with E-state index < -0.39 is 0 Å². The van der Waals surface area contributed by atoms with Crippen LogP contribution in [0.4, 0.5) is 0 Å². The van der Waals surface area contributed by atoms with Crippen LogP contribution in [-0.2, 0) is 27.3 Å². The van der Waals surface area contributed by atoms with E-state index in [0.29, 0.717) is 18.8 Å². The monoisotopic (exact) mass is 370 g/mol. The highest BCUT2D eigenvalue weighted by Gasteiger charge is 2.17. The molecule has 1 amide bonds. The number of ether oxygens (including phenoxy) is 1. The molecule has 0 saturated carbocycles. The van der Waals surface area contributed by atoms with Crippen molar-refractivity contribution in [3.8, 4) is 0 Å². The number of thiazole rings is 1. The molecule has 2 heterocycles. The Hall–Kier alpha value is -1.38. The Labute approximate surface area is 147 Å². The fourth-order valence-electron chi connectivity index (χ4n) is 1.72. The fourth-order valence-corrected chi connectivity index (χ4v) is 4.37. The van der Waals surface area contributed by atoms with Crippen LogP contribution in [0.5, 0.6) is 0 Å². The van der Waals surface area contributed by atoms with Gasteiger partial charge in [-0.3, -0.25) is 9.59 Å². The van der Waals surface area contributed by atoms with Gasteiger partial charge in [-0.15, -0.1) is 22.7 Å². The largest absolute Gasteiger partial charge is 0.466 e. The number of aromatic nitrogens is 1. The van der Waals surface area contributed by atoms with Crippen molar-refractivity contribution < 1.29 is 14.3 Å². The Morgan fingerprint density at radius 1 is 1.43 bits per heavy atom. The second-order valence-electron chi connectivity index (χ2n) is 4.64. The Morgan fingerprint density at radius 3 is 2.96 bits per heavy atom. The van der Waals surface area contributed by atoms with Crippen LogP contribution < -0.4 is 5.32 Å². The summed E-state index contributed by atoms with van der Waals surface area (Å²) >= 11 is 4.45. The summed E-state index contributed by atoms with van der Waals surface area (Å²) in [7, 11) is 0. The molecule has 0 aromatic carbocycles. The SMILES string of the molecule is CCOC(=O)Cc1csc(S[C@H](C)C(=O)NCc2cccs2)n1. The van der Waals surface area contributed by atoms with Gasteiger partial charge in [-0.25, -0.2) is 4.98 Å². The average Bonchev–Trinajstić information content (AvgIpc) is 3.17. The summed E-state index contributed by atoms with van der Waals surface area (Å²) in [4.78, 5) is 29.0. The van der Waals surface area contributed by atoms with E-state index >= 15 is 0 Å². The maximum absolute atomic E-state index is 12.1. The zero-order chi connectivity index (χ0) is 16.7. The molecular formula is C15H18N2O3S3. The number of thiophene rings is 1. The summed E-state index contributed by atoms with van der Waals surface area (Å²) in [6, 6.07) is 3.95. The van der Waals surface area contributed by atoms with Crippen molar-refractivity contribution in [1.82, 2.24) is 10.3 Å². The van der Waals surface area contributed by atoms with Crippen molar-refractivity contribution in [1.29, 1.82) is 0 Å². The van der Waals surface area contributed by atoms with Crippen molar-refractivity contribution in [2.45, 2.75) is 36.4 Å². The molecule has 23 heavy (non-hydrogen) atoms. The summed E-state index contributed by atoms with van der Waals surface area (Å²) in [6.07, 6.45) is 0.170. The molecule has 0 radical (unpaired) electrons. The van der Waals surface area contributed by atoms with E-state index in [-0.39, 0.29) is 23.5 Å². The lowest BCUT2D eigenvalue weighted by molar-refractivity contribution is -0.142. The van der Waals surface area contributed by atoms with Crippen LogP contribution in [-0.4, -0.2) is 28.7 Å². The molecule has 5 nitrogen and oxygen atoms in total. The van der Waals surface area contributed by atoms with Gasteiger partial charge in [0.1, 0.15) is 0 Å². The topological polar surface area (TPSA) is 68.3 Å². The van der Waals surface area contributed by atoms with E-state index in [9.17, 15) is 9.59 Å². The molecule has 0 saturated heterocycles. The molecule has 0 aliphatic carbocycles. The summed E-state index contributed by atoms with van der Waals surface area (Å²) in [5, 5.41) is 6.49. The van der Waals surface area contributed by atoms with Crippen molar-refractivity contribution in [3.63, 3.8) is 0 Å². The first kappa shape index (κ1) is 18.0. The van der Waals surface area contributed by atoms with Gasteiger partial charge in [0.2, 0.25) is 5.91 Å². The summed E-state index contributed by atoms with van der Waals surface area (Å²) in [6.45, 7) is 4.54. The molecule has 0 aliphatic heterocycles. The van der Waals surface area contributed by atoms with Gasteiger partial charge in [0, 0.05) is 10.3 Å². The zero-order valence-electron chi connectivity index (χ0n) is 12.9. The Kier molecular flexibility index (Phi) is 7.07. The van der Waals surface area contributed by atoms with Crippen LogP contribution in [0.1, 0.15) is 24.4 Å². The quantitative estimate of drug-likeness (QED) is 0.571. The average molecular weight is 371 g/mol. The number of nitrogens with zero attached hydrogens (tertiary/aromatic N) is 1. The molecule has 124 valence electrons. The highest BCUT2D eigenvalue weighted by molar-refractivity contribution is 8.02. The predicted molar refractivity (Wildman–Crippen MR) is 93.9 cm³/mol. The normalized spacial score (nSPS) is 11.9. The van der Waals surface area contributed by atoms with Crippen LogP contribution in [0.3, 0.4) is 0 Å². The molecular weight excluding hydrogens is 352 g/mol. The number of nitrogens with one attached hydrogen (secondary N) is 1. The van der Waals surface area contributed by atoms with Gasteiger partial charge < -0.3 is 10.1 Å². The molecule has 1 atom stereocenters. The number of hydrogen-bond acceptors (Lipinski definition) is 7. The summed E-state index contributed by atoms with van der Waals surface area (Å²) in [5.74, 6) is -0.304. The molecule has 2 aromatic heterocycles. The van der Waals surface area contributed by atoms with Crippen LogP contribution >= 0.6 is 34.4 Å². The standard InChI is InChI=1S/C15H18N2O3S3/c1-3-20-13(18)7-11-9-22-15(17-11)23-10(2)14(19)16-8-12-5-4-6-21-12/h4-6,9-10H,3,7-8H2,1-2H3,(H,16,19)/t10-/m1/s1. The number of carbonyl (C=O) groups excluding carboxylic acids is 2. The minimum atomic E-state index is -0.281. The second-order valence-corrected chi connectivity index (χ2v) is 8.12. The summed E-state index contributed by atoms with van der Waals surface area (Å²) < 4.78 is 5.68. The number of rotatable bonds is 8. The van der Waals surface area contributed by atoms with Gasteiger partial charge in [0.15, 0.2) is 4.34 Å². The smallest absolute Gasteiger partial charge is 0.311 e. The maximum Gasteiger partial charge on any atom is 0.311 e. The van der Waals surface area contributed by atoms with Gasteiger partial charge in [-0.05, 0) is 25.3 Å². The number of thioether (sulfide) groups is 1. The Balaban J connectivity index is 1.80. The van der Waals surface area contributed by atoms with Gasteiger partial charge in [-0.2, -0.15) is 0 Å². The van der Waals surface area contributed by atoms with E-state index in [1.165, 1.54) is 23.1 Å². The van der Waals surface area contributed by atoms with Gasteiger partial charge in [0.05, 0.1) is 30.5 Å². The van der Waals surface area contributed by atoms with Crippen LogP contribution in [0.2, 0.25) is 0 Å². The lowest BCUT2D eigenvalue weighted by atomic mass is 10.3. The first-order valence-corrected chi connectivity index (χ1v) is 9.79. The van der Waals surface area contributed by atoms with Crippen LogP contribution in [0, 0.1) is 0 Å². The van der Waals surface area contributed by atoms with E-state index in [0.717, 1.165) is 9.22 Å². The van der Waals surface area contributed by atoms with E-state index in [1.807, 2.05) is 29.8 Å². The van der Waals surface area contributed by atoms with Crippen LogP contribution in [0.15, 0.2) is 27.2 Å². The lowest BCUT2D eigenvalue weighted by Crippen LogP contribution is -2.30. The second kappa shape index (κ2) is 9.05. The van der Waals surface area contributed by atoms with Gasteiger partial charge in [-0.1, -0.05) is 17.8 Å². The molecule has 1 N–H and O–H groups in total. The fraction of sp³-hybridized carbons (Fsp3) is 0.400. The number of esters is 1. The minimum absolute atomic E-state index is 0.0226. The van der Waals surface area contributed by atoms with Crippen molar-refractivity contribution >= 4 is 46.3 Å². The van der Waals surface area contributed by atoms with Crippen molar-refractivity contribution in [2.75, 3.05) is 6.61 Å². The molecule has 0 bridgehead atoms. The molecule has 8 heteroatoms. The van der Waals surface area contributed by atoms with E-state index in [1.54, 1.807) is 18.3 Å². The minimum Gasteiger partial charge on any atom is -0.466 e. The zero-order valence-corrected chi connectivity index (χ0v) is 15.4. The number of amides is 1. The third-order valence-corrected chi connectivity index (χ3v) is 5.82. The highest BCUT2D eigenvalue weighted by Crippen LogP contribution is 2.27. The van der Waals surface area contributed by atoms with Crippen molar-refractivity contribution in [3.05, 3.63) is 33.5 Å². The third-order valence-electron chi connectivity index (χ3n) is 2.83. The van der Waals surface area contributed by atoms with Gasteiger partial charge in [0.25, 0.3) is 0 Å². The molecule has 0 aliphatic rings. The number of carbonyl (C=O) groups is 2. The van der Waals surface area contributed by atoms with Crippen molar-refractivity contribution in [2.24, 2.45) is 0 Å². The predicted octanol–water partition coefficient (Wildman–Crippen LogP) is 3.11. The van der Waals surface area contributed by atoms with Gasteiger partial charge >= 0.3 is 5.97 Å². The third kappa shape index (κ3) is 5.96. The summed E-state index contributed by atoms with van der Waals surface area (Å²) in [5.41, 5.74) is 0.683. The molecule has 0 spiro atoms. The first-order chi connectivity index (χ1) is 11.1. The number of hydrogen-bond donors (Lipinski definition) is 1. The van der Waals surface area contributed by atoms with E-state index in [2.05, 4.69) is 10.3 Å². The van der Waals surface area contributed by atoms with Crippen LogP contribution in [0.25, 0.3) is 0 Å². The van der Waals surface area contributed by atoms with E-state index in [4.69, 9.17) is 4.74 Å². The highest BCUT2D eigenvalue weighted by atomic mass is 32.2. The molecule has 0 unspecified atom stereocenters.